The Hall–Kier alpha value is -3.83. The Kier molecular flexibility index (Phi) is 8.73. The van der Waals surface area contributed by atoms with E-state index in [0.29, 0.717) is 23.8 Å². The van der Waals surface area contributed by atoms with Crippen molar-refractivity contribution in [3.8, 4) is 0 Å². The molecule has 3 aromatic rings. The van der Waals surface area contributed by atoms with Crippen LogP contribution in [0, 0.1) is 0 Å². The molecule has 36 heavy (non-hydrogen) atoms. The average molecular weight is 497 g/mol. The highest BCUT2D eigenvalue weighted by atomic mass is 16.6. The van der Waals surface area contributed by atoms with Gasteiger partial charge in [-0.3, -0.25) is 14.0 Å². The van der Waals surface area contributed by atoms with Gasteiger partial charge in [0, 0.05) is 7.05 Å². The summed E-state index contributed by atoms with van der Waals surface area (Å²) in [6, 6.07) is 14.2. The van der Waals surface area contributed by atoms with E-state index in [1.54, 1.807) is 36.4 Å². The van der Waals surface area contributed by atoms with Crippen molar-refractivity contribution in [2.75, 3.05) is 20.2 Å². The first kappa shape index (κ1) is 26.8. The van der Waals surface area contributed by atoms with Gasteiger partial charge in [-0.05, 0) is 38.5 Å². The Balaban J connectivity index is 1.85. The maximum absolute atomic E-state index is 12.8. The lowest BCUT2D eigenvalue weighted by atomic mass is 10.1. The van der Waals surface area contributed by atoms with Crippen LogP contribution in [0.25, 0.3) is 5.65 Å². The van der Waals surface area contributed by atoms with E-state index in [4.69, 9.17) is 15.2 Å². The van der Waals surface area contributed by atoms with Gasteiger partial charge in [0.25, 0.3) is 0 Å². The van der Waals surface area contributed by atoms with E-state index in [1.807, 2.05) is 30.3 Å². The Labute approximate surface area is 209 Å². The molecule has 2 heterocycles. The van der Waals surface area contributed by atoms with Crippen LogP contribution in [0.15, 0.2) is 48.5 Å². The third-order valence-electron chi connectivity index (χ3n) is 5.25. The SMILES string of the molecule is CC(=O)CN(C)C(=O)OCc1cccc2nnc([C@@H](COCc3ccccc3)NC(=O)C(C)(C)N)n12. The number of ketones is 1. The molecule has 192 valence electrons. The number of benzene rings is 1. The van der Waals surface area contributed by atoms with E-state index in [-0.39, 0.29) is 31.4 Å². The first-order valence-electron chi connectivity index (χ1n) is 11.5. The van der Waals surface area contributed by atoms with Crippen LogP contribution in [0.4, 0.5) is 4.79 Å². The minimum absolute atomic E-state index is 0.0529. The highest BCUT2D eigenvalue weighted by Gasteiger charge is 2.28. The average Bonchev–Trinajstić information content (AvgIpc) is 3.26. The Morgan fingerprint density at radius 1 is 1.08 bits per heavy atom. The lowest BCUT2D eigenvalue weighted by Crippen LogP contribution is -2.51. The summed E-state index contributed by atoms with van der Waals surface area (Å²) in [6.45, 7) is 4.89. The maximum atomic E-state index is 12.8. The van der Waals surface area contributed by atoms with Gasteiger partial charge in [-0.2, -0.15) is 0 Å². The number of nitrogens with two attached hydrogens (primary N) is 1. The van der Waals surface area contributed by atoms with Crippen molar-refractivity contribution in [3.05, 3.63) is 65.6 Å². The predicted octanol–water partition coefficient (Wildman–Crippen LogP) is 2.00. The lowest BCUT2D eigenvalue weighted by molar-refractivity contribution is -0.126. The summed E-state index contributed by atoms with van der Waals surface area (Å²) in [5, 5.41) is 11.4. The number of fused-ring (bicyclic) bond motifs is 1. The van der Waals surface area contributed by atoms with Gasteiger partial charge in [-0.1, -0.05) is 36.4 Å². The number of hydrogen-bond donors (Lipinski definition) is 2. The number of Topliss-reactive ketones (excluding diaryl/α,β-unsaturated/α-hetero) is 1. The summed E-state index contributed by atoms with van der Waals surface area (Å²) >= 11 is 0. The fourth-order valence-corrected chi connectivity index (χ4v) is 3.41. The minimum atomic E-state index is -1.13. The quantitative estimate of drug-likeness (QED) is 0.411. The zero-order chi connectivity index (χ0) is 26.3. The number of pyridine rings is 1. The van der Waals surface area contributed by atoms with Gasteiger partial charge in [0.15, 0.2) is 11.5 Å². The Morgan fingerprint density at radius 2 is 1.81 bits per heavy atom. The number of carbonyl (C=O) groups excluding carboxylic acids is 3. The third kappa shape index (κ3) is 7.09. The minimum Gasteiger partial charge on any atom is -0.443 e. The van der Waals surface area contributed by atoms with Crippen molar-refractivity contribution in [1.82, 2.24) is 24.8 Å². The van der Waals surface area contributed by atoms with Crippen molar-refractivity contribution < 1.29 is 23.9 Å². The van der Waals surface area contributed by atoms with Gasteiger partial charge in [-0.15, -0.1) is 10.2 Å². The highest BCUT2D eigenvalue weighted by Crippen LogP contribution is 2.18. The van der Waals surface area contributed by atoms with E-state index >= 15 is 0 Å². The zero-order valence-corrected chi connectivity index (χ0v) is 20.9. The van der Waals surface area contributed by atoms with Gasteiger partial charge >= 0.3 is 6.09 Å². The third-order valence-corrected chi connectivity index (χ3v) is 5.25. The molecule has 0 aliphatic rings. The van der Waals surface area contributed by atoms with Crippen molar-refractivity contribution >= 4 is 23.4 Å². The van der Waals surface area contributed by atoms with E-state index in [0.717, 1.165) is 5.56 Å². The molecule has 0 fully saturated rings. The monoisotopic (exact) mass is 496 g/mol. The summed E-state index contributed by atoms with van der Waals surface area (Å²) in [7, 11) is 1.48. The summed E-state index contributed by atoms with van der Waals surface area (Å²) in [5.74, 6) is -0.142. The van der Waals surface area contributed by atoms with Crippen LogP contribution in [0.5, 0.6) is 0 Å². The van der Waals surface area contributed by atoms with Gasteiger partial charge in [-0.25, -0.2) is 4.79 Å². The van der Waals surface area contributed by atoms with Gasteiger partial charge < -0.3 is 25.4 Å². The molecule has 0 spiro atoms. The summed E-state index contributed by atoms with van der Waals surface area (Å²) in [6.07, 6.45) is -0.641. The smallest absolute Gasteiger partial charge is 0.410 e. The van der Waals surface area contributed by atoms with Gasteiger partial charge in [0.2, 0.25) is 5.91 Å². The molecule has 0 saturated heterocycles. The van der Waals surface area contributed by atoms with Crippen molar-refractivity contribution in [2.45, 2.75) is 45.6 Å². The second kappa shape index (κ2) is 11.7. The Morgan fingerprint density at radius 3 is 2.47 bits per heavy atom. The van der Waals surface area contributed by atoms with Crippen LogP contribution >= 0.6 is 0 Å². The fraction of sp³-hybridized carbons (Fsp3) is 0.400. The number of nitrogens with one attached hydrogen (secondary N) is 1. The molecule has 1 aromatic carbocycles. The first-order valence-corrected chi connectivity index (χ1v) is 11.5. The number of likely N-dealkylation sites (N-methyl/N-ethyl adjacent to an activating group) is 1. The van der Waals surface area contributed by atoms with Crippen molar-refractivity contribution in [2.24, 2.45) is 5.73 Å². The van der Waals surface area contributed by atoms with Crippen LogP contribution in [-0.4, -0.2) is 63.0 Å². The highest BCUT2D eigenvalue weighted by molar-refractivity contribution is 5.85. The van der Waals surface area contributed by atoms with E-state index in [9.17, 15) is 14.4 Å². The molecule has 3 N–H and O–H groups in total. The maximum Gasteiger partial charge on any atom is 0.410 e. The Bertz CT molecular complexity index is 1200. The van der Waals surface area contributed by atoms with Crippen LogP contribution in [0.3, 0.4) is 0 Å². The molecule has 0 saturated carbocycles. The number of hydrogen-bond acceptors (Lipinski definition) is 8. The normalized spacial score (nSPS) is 12.2. The zero-order valence-electron chi connectivity index (χ0n) is 20.9. The lowest BCUT2D eigenvalue weighted by Gasteiger charge is -2.24. The molecule has 0 bridgehead atoms. The molecule has 11 heteroatoms. The molecule has 0 unspecified atom stereocenters. The summed E-state index contributed by atoms with van der Waals surface area (Å²) in [5.41, 5.74) is 6.94. The number of rotatable bonds is 11. The van der Waals surface area contributed by atoms with Crippen molar-refractivity contribution in [3.63, 3.8) is 0 Å². The molecule has 1 atom stereocenters. The topological polar surface area (TPSA) is 141 Å². The molecule has 11 nitrogen and oxygen atoms in total. The predicted molar refractivity (Wildman–Crippen MR) is 132 cm³/mol. The summed E-state index contributed by atoms with van der Waals surface area (Å²) in [4.78, 5) is 37.5. The van der Waals surface area contributed by atoms with Crippen LogP contribution in [0.1, 0.15) is 43.9 Å². The number of nitrogens with zero attached hydrogens (tertiary/aromatic N) is 4. The van der Waals surface area contributed by atoms with Crippen molar-refractivity contribution in [1.29, 1.82) is 0 Å². The molecule has 0 aliphatic carbocycles. The second-order valence-corrected chi connectivity index (χ2v) is 9.13. The number of carbonyl (C=O) groups is 3. The van der Waals surface area contributed by atoms with E-state index < -0.39 is 17.7 Å². The van der Waals surface area contributed by atoms with E-state index in [1.165, 1.54) is 18.9 Å². The molecular weight excluding hydrogens is 464 g/mol. The van der Waals surface area contributed by atoms with Crippen LogP contribution in [-0.2, 0) is 32.3 Å². The molecular formula is C25H32N6O5. The largest absolute Gasteiger partial charge is 0.443 e. The van der Waals surface area contributed by atoms with E-state index in [2.05, 4.69) is 15.5 Å². The molecule has 2 aromatic heterocycles. The number of aromatic nitrogens is 3. The molecule has 2 amide bonds. The van der Waals surface area contributed by atoms with Gasteiger partial charge in [0.05, 0.1) is 31.0 Å². The standard InChI is InChI=1S/C25H32N6O5/c1-17(32)13-30(4)24(34)36-15-19-11-8-12-21-28-29-22(31(19)21)20(27-23(33)25(2,3)26)16-35-14-18-9-6-5-7-10-18/h5-12,20H,13-16,26H2,1-4H3,(H,27,33)/t20-/m1/s1. The molecule has 0 radical (unpaired) electrons. The molecule has 3 rings (SSSR count). The first-order chi connectivity index (χ1) is 17.1. The van der Waals surface area contributed by atoms with Crippen LogP contribution < -0.4 is 11.1 Å². The summed E-state index contributed by atoms with van der Waals surface area (Å²) < 4.78 is 13.0. The molecule has 0 aliphatic heterocycles. The van der Waals surface area contributed by atoms with Gasteiger partial charge in [0.1, 0.15) is 18.4 Å². The number of amides is 2. The second-order valence-electron chi connectivity index (χ2n) is 9.13. The van der Waals surface area contributed by atoms with Crippen LogP contribution in [0.2, 0.25) is 0 Å². The number of ether oxygens (including phenoxy) is 2. The fourth-order valence-electron chi connectivity index (χ4n) is 3.41.